The number of hydrogen-bond acceptors (Lipinski definition) is 1. The van der Waals surface area contributed by atoms with Gasteiger partial charge in [0.25, 0.3) is 0 Å². The van der Waals surface area contributed by atoms with E-state index in [9.17, 15) is 0 Å². The quantitative estimate of drug-likeness (QED) is 0.185. The topological polar surface area (TPSA) is 19.1 Å². The molecular weight excluding hydrogens is 621 g/mol. The highest BCUT2D eigenvalue weighted by atomic mass is 16.5. The molecule has 0 spiro atoms. The molecule has 0 radical (unpaired) electrons. The van der Waals surface area contributed by atoms with Crippen LogP contribution in [0, 0.1) is 0 Å². The summed E-state index contributed by atoms with van der Waals surface area (Å²) in [7, 11) is 0. The van der Waals surface area contributed by atoms with Crippen LogP contribution in [-0.4, -0.2) is 15.2 Å². The Bertz CT molecular complexity index is 2870. The van der Waals surface area contributed by atoms with Gasteiger partial charge in [-0.05, 0) is 76.9 Å². The minimum absolute atomic E-state index is 0.0138. The lowest BCUT2D eigenvalue weighted by molar-refractivity contribution is 0.271. The summed E-state index contributed by atoms with van der Waals surface area (Å²) in [5, 5.41) is 4.84. The monoisotopic (exact) mass is 652 g/mol. The summed E-state index contributed by atoms with van der Waals surface area (Å²) < 4.78 is 11.7. The minimum Gasteiger partial charge on any atom is -0.484 e. The van der Waals surface area contributed by atoms with E-state index in [0.717, 1.165) is 22.6 Å². The Morgan fingerprint density at radius 2 is 1.10 bits per heavy atom. The average Bonchev–Trinajstić information content (AvgIpc) is 3.86. The molecule has 2 atom stereocenters. The van der Waals surface area contributed by atoms with E-state index in [1.807, 2.05) is 0 Å². The lowest BCUT2D eigenvalue weighted by Crippen LogP contribution is -2.15. The van der Waals surface area contributed by atoms with Crippen molar-refractivity contribution in [3.05, 3.63) is 188 Å². The molecule has 3 heteroatoms. The van der Waals surface area contributed by atoms with Crippen molar-refractivity contribution in [1.82, 2.24) is 9.13 Å². The number of rotatable bonds is 4. The Balaban J connectivity index is 1.23. The molecule has 7 aromatic carbocycles. The highest BCUT2D eigenvalue weighted by Crippen LogP contribution is 2.50. The molecule has 1 aliphatic heterocycles. The first-order valence-electron chi connectivity index (χ1n) is 17.7. The molecule has 0 amide bonds. The molecule has 3 heterocycles. The number of allylic oxidation sites excluding steroid dienone is 2. The number of aromatic nitrogens is 2. The fourth-order valence-electron chi connectivity index (χ4n) is 8.57. The SMILES string of the molecule is C1=CC2Oc3c(ccc4c3c3ccc5c(c6ccccc6n5-c5ccc(-c6ccccc6)cc5)c3n4-c3cccc(-c4ccccc4)c3)C2C=C1. The summed E-state index contributed by atoms with van der Waals surface area (Å²) >= 11 is 0. The normalized spacial score (nSPS) is 16.2. The van der Waals surface area contributed by atoms with Crippen molar-refractivity contribution in [1.29, 1.82) is 0 Å². The summed E-state index contributed by atoms with van der Waals surface area (Å²) in [5.74, 6) is 1.22. The third-order valence-electron chi connectivity index (χ3n) is 10.9. The van der Waals surface area contributed by atoms with Gasteiger partial charge < -0.3 is 13.9 Å². The van der Waals surface area contributed by atoms with Gasteiger partial charge in [-0.25, -0.2) is 0 Å². The zero-order valence-corrected chi connectivity index (χ0v) is 27.8. The summed E-state index contributed by atoms with van der Waals surface area (Å²) in [4.78, 5) is 0. The minimum atomic E-state index is 0.0138. The number of ether oxygens (including phenoxy) is 1. The van der Waals surface area contributed by atoms with Gasteiger partial charge in [0.05, 0.1) is 27.5 Å². The Labute approximate surface area is 295 Å². The van der Waals surface area contributed by atoms with E-state index >= 15 is 0 Å². The van der Waals surface area contributed by atoms with Crippen molar-refractivity contribution in [3.63, 3.8) is 0 Å². The molecule has 2 aromatic heterocycles. The van der Waals surface area contributed by atoms with Gasteiger partial charge in [-0.1, -0.05) is 127 Å². The average molecular weight is 653 g/mol. The molecule has 0 fully saturated rings. The van der Waals surface area contributed by atoms with E-state index in [-0.39, 0.29) is 12.0 Å². The Morgan fingerprint density at radius 3 is 1.92 bits per heavy atom. The zero-order chi connectivity index (χ0) is 33.5. The van der Waals surface area contributed by atoms with E-state index in [0.29, 0.717) is 0 Å². The smallest absolute Gasteiger partial charge is 0.134 e. The predicted molar refractivity (Wildman–Crippen MR) is 211 cm³/mol. The largest absolute Gasteiger partial charge is 0.484 e. The van der Waals surface area contributed by atoms with Crippen LogP contribution in [0.25, 0.3) is 77.2 Å². The number of benzene rings is 7. The fourth-order valence-corrected chi connectivity index (χ4v) is 8.57. The lowest BCUT2D eigenvalue weighted by Gasteiger charge is -2.13. The maximum absolute atomic E-state index is 6.84. The van der Waals surface area contributed by atoms with Crippen LogP contribution in [0.3, 0.4) is 0 Å². The molecular formula is C48H32N2O. The number of hydrogen-bond donors (Lipinski definition) is 0. The van der Waals surface area contributed by atoms with Crippen LogP contribution in [0.1, 0.15) is 11.5 Å². The number of fused-ring (bicyclic) bond motifs is 11. The Hall–Kier alpha value is -6.58. The molecule has 11 rings (SSSR count). The van der Waals surface area contributed by atoms with Crippen molar-refractivity contribution < 1.29 is 4.74 Å². The van der Waals surface area contributed by atoms with Crippen LogP contribution in [0.4, 0.5) is 0 Å². The molecule has 0 bridgehead atoms. The third-order valence-corrected chi connectivity index (χ3v) is 10.9. The molecule has 240 valence electrons. The van der Waals surface area contributed by atoms with Crippen LogP contribution in [0.15, 0.2) is 182 Å². The molecule has 0 N–H and O–H groups in total. The van der Waals surface area contributed by atoms with Gasteiger partial charge in [0.15, 0.2) is 0 Å². The summed E-state index contributed by atoms with van der Waals surface area (Å²) in [5.41, 5.74) is 13.0. The number of para-hydroxylation sites is 1. The number of nitrogens with zero attached hydrogens (tertiary/aromatic N) is 2. The molecule has 9 aromatic rings. The molecule has 2 aliphatic rings. The molecule has 51 heavy (non-hydrogen) atoms. The van der Waals surface area contributed by atoms with Crippen LogP contribution < -0.4 is 4.74 Å². The molecule has 1 aliphatic carbocycles. The van der Waals surface area contributed by atoms with Crippen molar-refractivity contribution >= 4 is 43.6 Å². The third kappa shape index (κ3) is 4.18. The second kappa shape index (κ2) is 11.0. The van der Waals surface area contributed by atoms with Gasteiger partial charge in [-0.2, -0.15) is 0 Å². The van der Waals surface area contributed by atoms with Crippen molar-refractivity contribution in [3.8, 4) is 39.4 Å². The zero-order valence-electron chi connectivity index (χ0n) is 27.8. The first kappa shape index (κ1) is 28.3. The van der Waals surface area contributed by atoms with Crippen molar-refractivity contribution in [2.45, 2.75) is 12.0 Å². The Kier molecular flexibility index (Phi) is 6.08. The fraction of sp³-hybridized carbons (Fsp3) is 0.0417. The highest BCUT2D eigenvalue weighted by molar-refractivity contribution is 6.27. The second-order valence-electron chi connectivity index (χ2n) is 13.6. The van der Waals surface area contributed by atoms with E-state index in [1.54, 1.807) is 0 Å². The van der Waals surface area contributed by atoms with Crippen LogP contribution in [0.2, 0.25) is 0 Å². The first-order valence-corrected chi connectivity index (χ1v) is 17.7. The van der Waals surface area contributed by atoms with E-state index in [1.165, 1.54) is 65.9 Å². The van der Waals surface area contributed by atoms with E-state index in [4.69, 9.17) is 4.74 Å². The van der Waals surface area contributed by atoms with Crippen LogP contribution in [-0.2, 0) is 0 Å². The van der Waals surface area contributed by atoms with E-state index < -0.39 is 0 Å². The van der Waals surface area contributed by atoms with Crippen LogP contribution in [0.5, 0.6) is 5.75 Å². The first-order chi connectivity index (χ1) is 25.3. The van der Waals surface area contributed by atoms with Crippen molar-refractivity contribution in [2.75, 3.05) is 0 Å². The van der Waals surface area contributed by atoms with Crippen LogP contribution >= 0.6 is 0 Å². The van der Waals surface area contributed by atoms with E-state index in [2.05, 4.69) is 191 Å². The van der Waals surface area contributed by atoms with Crippen molar-refractivity contribution in [2.24, 2.45) is 0 Å². The summed E-state index contributed by atoms with van der Waals surface area (Å²) in [6.07, 6.45) is 8.73. The molecule has 3 nitrogen and oxygen atoms in total. The maximum Gasteiger partial charge on any atom is 0.134 e. The standard InChI is InChI=1S/C48H32N2O/c1-3-12-31(13-4-1)33-22-24-35(25-23-33)49-41-20-9-7-19-39(41)45-42(49)29-27-40-46-43(28-26-38-37-18-8-10-21-44(37)51-48(38)46)50(47(40)45)36-17-11-16-34(30-36)32-14-5-2-6-15-32/h1-30,37,44H. The lowest BCUT2D eigenvalue weighted by atomic mass is 9.91. The summed E-state index contributed by atoms with van der Waals surface area (Å²) in [6, 6.07) is 57.2. The summed E-state index contributed by atoms with van der Waals surface area (Å²) in [6.45, 7) is 0. The van der Waals surface area contributed by atoms with Gasteiger partial charge in [-0.3, -0.25) is 0 Å². The molecule has 0 saturated heterocycles. The maximum atomic E-state index is 6.84. The van der Waals surface area contributed by atoms with Gasteiger partial charge in [0.2, 0.25) is 0 Å². The van der Waals surface area contributed by atoms with Gasteiger partial charge in [-0.15, -0.1) is 0 Å². The second-order valence-corrected chi connectivity index (χ2v) is 13.6. The Morgan fingerprint density at radius 1 is 0.431 bits per heavy atom. The predicted octanol–water partition coefficient (Wildman–Crippen LogP) is 12.2. The van der Waals surface area contributed by atoms with Gasteiger partial charge >= 0.3 is 0 Å². The highest BCUT2D eigenvalue weighted by Gasteiger charge is 2.35. The van der Waals surface area contributed by atoms with Gasteiger partial charge in [0.1, 0.15) is 11.9 Å². The molecule has 2 unspecified atom stereocenters. The van der Waals surface area contributed by atoms with Gasteiger partial charge in [0, 0.05) is 39.0 Å². The molecule has 0 saturated carbocycles.